The van der Waals surface area contributed by atoms with Crippen LogP contribution in [-0.4, -0.2) is 83.8 Å². The Morgan fingerprint density at radius 3 is 2.61 bits per heavy atom. The fourth-order valence-corrected chi connectivity index (χ4v) is 7.26. The molecule has 2 aromatic heterocycles. The molecule has 10 nitrogen and oxygen atoms in total. The second-order valence-electron chi connectivity index (χ2n) is 10.6. The van der Waals surface area contributed by atoms with E-state index in [1.165, 1.54) is 6.92 Å². The third-order valence-electron chi connectivity index (χ3n) is 7.85. The molecule has 1 saturated heterocycles. The molecule has 2 aromatic carbocycles. The maximum atomic E-state index is 13.4. The quantitative estimate of drug-likeness (QED) is 0.359. The zero-order chi connectivity index (χ0) is 28.6. The lowest BCUT2D eigenvalue weighted by Crippen LogP contribution is -2.50. The lowest BCUT2D eigenvalue weighted by atomic mass is 10.0. The van der Waals surface area contributed by atoms with Gasteiger partial charge in [0.2, 0.25) is 15.9 Å². The number of hydrogen-bond acceptors (Lipinski definition) is 8. The minimum absolute atomic E-state index is 0.0263. The van der Waals surface area contributed by atoms with E-state index in [1.807, 2.05) is 36.5 Å². The molecule has 0 bridgehead atoms. The molecular weight excluding hydrogens is 538 g/mol. The standard InChI is InChI=1S/C30H33N7O3S/c1-21(34-30-27-7-3-6-26(29(27)32-20-33-30)24-5-4-11-31-18-24)19-35-13-15-36(16-14-35)41(39,40)25-8-9-28-23(17-25)10-12-37(28)22(2)38/h3-9,11,17-18,20-21H,10,12-16,19H2,1-2H3,(H,32,33,34). The van der Waals surface area contributed by atoms with Crippen LogP contribution in [-0.2, 0) is 21.2 Å². The molecule has 4 aromatic rings. The number of anilines is 2. The van der Waals surface area contributed by atoms with E-state index < -0.39 is 10.0 Å². The van der Waals surface area contributed by atoms with Crippen molar-refractivity contribution in [1.29, 1.82) is 0 Å². The summed E-state index contributed by atoms with van der Waals surface area (Å²) in [6.45, 7) is 7.13. The summed E-state index contributed by atoms with van der Waals surface area (Å²) in [4.78, 5) is 29.5. The van der Waals surface area contributed by atoms with Gasteiger partial charge in [0, 0.05) is 86.8 Å². The van der Waals surface area contributed by atoms with Crippen LogP contribution in [0.15, 0.2) is 72.1 Å². The van der Waals surface area contributed by atoms with Crippen molar-refractivity contribution in [1.82, 2.24) is 24.2 Å². The lowest BCUT2D eigenvalue weighted by Gasteiger charge is -2.35. The highest BCUT2D eigenvalue weighted by Crippen LogP contribution is 2.32. The van der Waals surface area contributed by atoms with Crippen LogP contribution in [0.5, 0.6) is 0 Å². The molecule has 1 fully saturated rings. The molecule has 212 valence electrons. The van der Waals surface area contributed by atoms with Crippen molar-refractivity contribution < 1.29 is 13.2 Å². The third kappa shape index (κ3) is 5.40. The Hall–Kier alpha value is -3.93. The molecule has 41 heavy (non-hydrogen) atoms. The van der Waals surface area contributed by atoms with Gasteiger partial charge in [-0.1, -0.05) is 18.2 Å². The smallest absolute Gasteiger partial charge is 0.243 e. The van der Waals surface area contributed by atoms with Crippen molar-refractivity contribution in [2.45, 2.75) is 31.2 Å². The molecule has 1 amide bonds. The summed E-state index contributed by atoms with van der Waals surface area (Å²) in [5.74, 6) is 0.746. The van der Waals surface area contributed by atoms with E-state index in [4.69, 9.17) is 0 Å². The first-order valence-corrected chi connectivity index (χ1v) is 15.3. The van der Waals surface area contributed by atoms with Crippen molar-refractivity contribution in [3.8, 4) is 11.1 Å². The van der Waals surface area contributed by atoms with Crippen LogP contribution < -0.4 is 10.2 Å². The first-order valence-electron chi connectivity index (χ1n) is 13.9. The number of aromatic nitrogens is 3. The first-order chi connectivity index (χ1) is 19.8. The second kappa shape index (κ2) is 11.2. The van der Waals surface area contributed by atoms with Gasteiger partial charge in [-0.25, -0.2) is 18.4 Å². The third-order valence-corrected chi connectivity index (χ3v) is 9.74. The predicted molar refractivity (Wildman–Crippen MR) is 159 cm³/mol. The number of piperazine rings is 1. The van der Waals surface area contributed by atoms with Gasteiger partial charge in [0.15, 0.2) is 0 Å². The number of para-hydroxylation sites is 1. The summed E-state index contributed by atoms with van der Waals surface area (Å²) >= 11 is 0. The summed E-state index contributed by atoms with van der Waals surface area (Å²) in [6.07, 6.45) is 5.84. The number of nitrogens with one attached hydrogen (secondary N) is 1. The summed E-state index contributed by atoms with van der Waals surface area (Å²) in [5, 5.41) is 4.49. The van der Waals surface area contributed by atoms with E-state index >= 15 is 0 Å². The predicted octanol–water partition coefficient (Wildman–Crippen LogP) is 3.41. The number of pyridine rings is 1. The Morgan fingerprint density at radius 1 is 1.02 bits per heavy atom. The molecule has 6 rings (SSSR count). The van der Waals surface area contributed by atoms with E-state index in [1.54, 1.807) is 39.9 Å². The minimum atomic E-state index is -3.61. The Bertz CT molecular complexity index is 1690. The van der Waals surface area contributed by atoms with E-state index in [9.17, 15) is 13.2 Å². The van der Waals surface area contributed by atoms with Crippen molar-refractivity contribution in [2.75, 3.05) is 49.5 Å². The zero-order valence-corrected chi connectivity index (χ0v) is 24.0. The molecule has 0 radical (unpaired) electrons. The summed E-state index contributed by atoms with van der Waals surface area (Å²) < 4.78 is 28.4. The van der Waals surface area contributed by atoms with Crippen LogP contribution in [0.2, 0.25) is 0 Å². The average molecular weight is 572 g/mol. The van der Waals surface area contributed by atoms with Crippen molar-refractivity contribution in [3.05, 3.63) is 72.8 Å². The van der Waals surface area contributed by atoms with E-state index in [0.29, 0.717) is 44.0 Å². The number of sulfonamides is 1. The number of hydrogen-bond donors (Lipinski definition) is 1. The molecule has 1 unspecified atom stereocenters. The highest BCUT2D eigenvalue weighted by Gasteiger charge is 2.31. The van der Waals surface area contributed by atoms with Gasteiger partial charge in [-0.05, 0) is 49.2 Å². The van der Waals surface area contributed by atoms with Gasteiger partial charge in [0.05, 0.1) is 10.4 Å². The Labute approximate surface area is 240 Å². The molecule has 1 atom stereocenters. The van der Waals surface area contributed by atoms with Gasteiger partial charge < -0.3 is 10.2 Å². The number of fused-ring (bicyclic) bond motifs is 2. The normalized spacial score (nSPS) is 17.0. The first kappa shape index (κ1) is 27.3. The maximum Gasteiger partial charge on any atom is 0.243 e. The molecule has 2 aliphatic heterocycles. The van der Waals surface area contributed by atoms with Crippen LogP contribution in [0, 0.1) is 0 Å². The van der Waals surface area contributed by atoms with Crippen LogP contribution >= 0.6 is 0 Å². The van der Waals surface area contributed by atoms with Gasteiger partial charge in [-0.2, -0.15) is 4.31 Å². The highest BCUT2D eigenvalue weighted by atomic mass is 32.2. The van der Waals surface area contributed by atoms with Crippen LogP contribution in [0.25, 0.3) is 22.0 Å². The molecule has 0 saturated carbocycles. The number of nitrogens with zero attached hydrogens (tertiary/aromatic N) is 6. The van der Waals surface area contributed by atoms with Gasteiger partial charge in [-0.3, -0.25) is 14.7 Å². The van der Waals surface area contributed by atoms with Gasteiger partial charge in [0.1, 0.15) is 12.1 Å². The van der Waals surface area contributed by atoms with Crippen molar-refractivity contribution in [2.24, 2.45) is 0 Å². The maximum absolute atomic E-state index is 13.4. The SMILES string of the molecule is CC(=O)N1CCc2cc(S(=O)(=O)N3CCN(CC(C)Nc4ncnc5c(-c6cccnc6)cccc45)CC3)ccc21. The fourth-order valence-electron chi connectivity index (χ4n) is 5.79. The molecule has 11 heteroatoms. The number of benzene rings is 2. The number of carbonyl (C=O) groups is 1. The fraction of sp³-hybridized carbons (Fsp3) is 0.333. The summed E-state index contributed by atoms with van der Waals surface area (Å²) in [7, 11) is -3.61. The molecule has 0 aliphatic carbocycles. The highest BCUT2D eigenvalue weighted by molar-refractivity contribution is 7.89. The molecule has 0 spiro atoms. The molecule has 1 N–H and O–H groups in total. The van der Waals surface area contributed by atoms with E-state index in [0.717, 1.165) is 45.6 Å². The van der Waals surface area contributed by atoms with Gasteiger partial charge in [-0.15, -0.1) is 0 Å². The van der Waals surface area contributed by atoms with E-state index in [-0.39, 0.29) is 11.9 Å². The Kier molecular flexibility index (Phi) is 7.41. The monoisotopic (exact) mass is 571 g/mol. The van der Waals surface area contributed by atoms with Gasteiger partial charge in [0.25, 0.3) is 0 Å². The topological polar surface area (TPSA) is 112 Å². The van der Waals surface area contributed by atoms with Crippen molar-refractivity contribution in [3.63, 3.8) is 0 Å². The average Bonchev–Trinajstić information content (AvgIpc) is 3.42. The van der Waals surface area contributed by atoms with Crippen LogP contribution in [0.4, 0.5) is 11.5 Å². The van der Waals surface area contributed by atoms with Crippen LogP contribution in [0.1, 0.15) is 19.4 Å². The molecular formula is C30H33N7O3S. The Balaban J connectivity index is 1.09. The van der Waals surface area contributed by atoms with E-state index in [2.05, 4.69) is 32.1 Å². The number of rotatable bonds is 7. The summed E-state index contributed by atoms with van der Waals surface area (Å²) in [6, 6.07) is 15.2. The Morgan fingerprint density at radius 2 is 1.85 bits per heavy atom. The van der Waals surface area contributed by atoms with Crippen LogP contribution in [0.3, 0.4) is 0 Å². The zero-order valence-electron chi connectivity index (χ0n) is 23.2. The van der Waals surface area contributed by atoms with Crippen molar-refractivity contribution >= 4 is 38.3 Å². The molecule has 2 aliphatic rings. The molecule has 4 heterocycles. The number of carbonyl (C=O) groups excluding carboxylic acids is 1. The summed E-state index contributed by atoms with van der Waals surface area (Å²) in [5.41, 5.74) is 4.59. The number of amides is 1. The minimum Gasteiger partial charge on any atom is -0.366 e. The lowest BCUT2D eigenvalue weighted by molar-refractivity contribution is -0.116. The largest absolute Gasteiger partial charge is 0.366 e. The second-order valence-corrected chi connectivity index (χ2v) is 12.6. The van der Waals surface area contributed by atoms with Gasteiger partial charge >= 0.3 is 0 Å².